The second-order valence-corrected chi connectivity index (χ2v) is 6.56. The highest BCUT2D eigenvalue weighted by atomic mass is 32.1. The molecule has 8 heteroatoms. The van der Waals surface area contributed by atoms with Gasteiger partial charge in [0.05, 0.1) is 37.9 Å². The molecule has 0 spiro atoms. The van der Waals surface area contributed by atoms with Gasteiger partial charge in [0.25, 0.3) is 0 Å². The van der Waals surface area contributed by atoms with Gasteiger partial charge in [0, 0.05) is 24.2 Å². The van der Waals surface area contributed by atoms with Crippen LogP contribution in [0.3, 0.4) is 0 Å². The van der Waals surface area contributed by atoms with Gasteiger partial charge in [0.2, 0.25) is 5.91 Å². The van der Waals surface area contributed by atoms with Crippen LogP contribution >= 0.6 is 11.3 Å². The van der Waals surface area contributed by atoms with Crippen LogP contribution in [0.2, 0.25) is 0 Å². The van der Waals surface area contributed by atoms with Crippen LogP contribution in [0.15, 0.2) is 11.6 Å². The van der Waals surface area contributed by atoms with Crippen LogP contribution in [0.1, 0.15) is 19.3 Å². The summed E-state index contributed by atoms with van der Waals surface area (Å²) in [4.78, 5) is 16.0. The summed E-state index contributed by atoms with van der Waals surface area (Å²) in [7, 11) is 0. The van der Waals surface area contributed by atoms with Gasteiger partial charge in [-0.3, -0.25) is 4.79 Å². The minimum absolute atomic E-state index is 0.0705. The van der Waals surface area contributed by atoms with Gasteiger partial charge in [0.15, 0.2) is 5.13 Å². The predicted molar refractivity (Wildman–Crippen MR) is 81.9 cm³/mol. The lowest BCUT2D eigenvalue weighted by molar-refractivity contribution is -0.134. The predicted octanol–water partition coefficient (Wildman–Crippen LogP) is 0.369. The van der Waals surface area contributed by atoms with Gasteiger partial charge in [-0.25, -0.2) is 4.98 Å². The average molecular weight is 327 g/mol. The van der Waals surface area contributed by atoms with Crippen LogP contribution in [-0.4, -0.2) is 60.1 Å². The molecule has 4 atom stereocenters. The van der Waals surface area contributed by atoms with Crippen LogP contribution in [0.25, 0.3) is 0 Å². The quantitative estimate of drug-likeness (QED) is 0.743. The van der Waals surface area contributed by atoms with Gasteiger partial charge >= 0.3 is 0 Å². The first-order valence-electron chi connectivity index (χ1n) is 7.54. The Kier molecular flexibility index (Phi) is 5.37. The smallest absolute Gasteiger partial charge is 0.228 e. The summed E-state index contributed by atoms with van der Waals surface area (Å²) in [5.41, 5.74) is 0. The molecule has 1 aromatic heterocycles. The molecule has 1 aromatic rings. The number of aliphatic hydroxyl groups is 1. The van der Waals surface area contributed by atoms with Crippen molar-refractivity contribution in [2.24, 2.45) is 0 Å². The van der Waals surface area contributed by atoms with Crippen molar-refractivity contribution >= 4 is 22.4 Å². The maximum Gasteiger partial charge on any atom is 0.228 e. The van der Waals surface area contributed by atoms with E-state index in [1.54, 1.807) is 6.20 Å². The summed E-state index contributed by atoms with van der Waals surface area (Å²) >= 11 is 1.40. The molecule has 0 aromatic carbocycles. The minimum atomic E-state index is -0.470. The van der Waals surface area contributed by atoms with Crippen LogP contribution in [-0.2, 0) is 14.3 Å². The molecule has 3 N–H and O–H groups in total. The molecule has 2 fully saturated rings. The summed E-state index contributed by atoms with van der Waals surface area (Å²) in [6.07, 6.45) is 3.07. The summed E-state index contributed by atoms with van der Waals surface area (Å²) < 4.78 is 11.5. The first kappa shape index (κ1) is 15.8. The van der Waals surface area contributed by atoms with Gasteiger partial charge < -0.3 is 25.2 Å². The van der Waals surface area contributed by atoms with Crippen molar-refractivity contribution < 1.29 is 19.4 Å². The van der Waals surface area contributed by atoms with Gasteiger partial charge in [-0.05, 0) is 12.8 Å². The highest BCUT2D eigenvalue weighted by molar-refractivity contribution is 7.13. The maximum absolute atomic E-state index is 12.0. The summed E-state index contributed by atoms with van der Waals surface area (Å²) in [5.74, 6) is -0.0754. The van der Waals surface area contributed by atoms with E-state index in [0.29, 0.717) is 31.3 Å². The van der Waals surface area contributed by atoms with E-state index in [4.69, 9.17) is 9.47 Å². The summed E-state index contributed by atoms with van der Waals surface area (Å²) in [6.45, 7) is 1.27. The van der Waals surface area contributed by atoms with E-state index in [9.17, 15) is 9.90 Å². The van der Waals surface area contributed by atoms with E-state index < -0.39 is 6.10 Å². The van der Waals surface area contributed by atoms with Crippen molar-refractivity contribution in [3.63, 3.8) is 0 Å². The number of nitrogens with zero attached hydrogens (tertiary/aromatic N) is 1. The average Bonchev–Trinajstić information content (AvgIpc) is 2.97. The minimum Gasteiger partial charge on any atom is -0.389 e. The Morgan fingerprint density at radius 3 is 3.23 bits per heavy atom. The van der Waals surface area contributed by atoms with E-state index in [-0.39, 0.29) is 24.2 Å². The Labute approximate surface area is 133 Å². The standard InChI is InChI=1S/C14H21N3O4S/c18-9-6-16-11-2-1-10(21-12(11)8-20-7-9)5-13(19)17-14-15-3-4-22-14/h3-4,9-12,16,18H,1-2,5-8H2,(H,15,17,19)/t9-,10+,11+,12-/m1/s1. The zero-order chi connectivity index (χ0) is 15.4. The molecule has 0 bridgehead atoms. The SMILES string of the molecule is O=C(C[C@@H]1CC[C@@H]2NC[C@@H](O)COC[C@H]2O1)Nc1nccs1. The first-order chi connectivity index (χ1) is 10.7. The number of aliphatic hydroxyl groups excluding tert-OH is 1. The van der Waals surface area contributed by atoms with E-state index in [1.165, 1.54) is 11.3 Å². The lowest BCUT2D eigenvalue weighted by atomic mass is 9.96. The largest absolute Gasteiger partial charge is 0.389 e. The fourth-order valence-electron chi connectivity index (χ4n) is 2.83. The molecule has 0 saturated carbocycles. The van der Waals surface area contributed by atoms with E-state index >= 15 is 0 Å². The fraction of sp³-hybridized carbons (Fsp3) is 0.714. The van der Waals surface area contributed by atoms with Gasteiger partial charge in [-0.15, -0.1) is 11.3 Å². The van der Waals surface area contributed by atoms with Gasteiger partial charge in [0.1, 0.15) is 0 Å². The number of nitrogens with one attached hydrogen (secondary N) is 2. The molecule has 22 heavy (non-hydrogen) atoms. The first-order valence-corrected chi connectivity index (χ1v) is 8.42. The number of β-amino-alcohol motifs (C(OH)–C–C–N with tert-alkyl or cyclic N) is 1. The molecule has 2 saturated heterocycles. The summed E-state index contributed by atoms with van der Waals surface area (Å²) in [5, 5.41) is 18.1. The molecule has 0 aliphatic carbocycles. The highest BCUT2D eigenvalue weighted by Crippen LogP contribution is 2.24. The van der Waals surface area contributed by atoms with E-state index in [1.807, 2.05) is 5.38 Å². The lowest BCUT2D eigenvalue weighted by Crippen LogP contribution is -2.53. The maximum atomic E-state index is 12.0. The molecule has 0 radical (unpaired) electrons. The Morgan fingerprint density at radius 1 is 1.50 bits per heavy atom. The number of amides is 1. The summed E-state index contributed by atoms with van der Waals surface area (Å²) in [6, 6.07) is 0.174. The zero-order valence-corrected chi connectivity index (χ0v) is 13.1. The Morgan fingerprint density at radius 2 is 2.41 bits per heavy atom. The molecule has 3 heterocycles. The van der Waals surface area contributed by atoms with Crippen LogP contribution in [0.4, 0.5) is 5.13 Å². The van der Waals surface area contributed by atoms with Crippen molar-refractivity contribution in [1.82, 2.24) is 10.3 Å². The molecule has 0 unspecified atom stereocenters. The third-order valence-corrected chi connectivity index (χ3v) is 4.60. The monoisotopic (exact) mass is 327 g/mol. The third-order valence-electron chi connectivity index (χ3n) is 3.92. The molecule has 2 aliphatic heterocycles. The molecular weight excluding hydrogens is 306 g/mol. The topological polar surface area (TPSA) is 92.7 Å². The molecule has 1 amide bonds. The molecule has 7 nitrogen and oxygen atoms in total. The number of fused-ring (bicyclic) bond motifs is 1. The molecule has 122 valence electrons. The van der Waals surface area contributed by atoms with Crippen molar-refractivity contribution in [1.29, 1.82) is 0 Å². The number of hydrogen-bond donors (Lipinski definition) is 3. The number of carbonyl (C=O) groups is 1. The third kappa shape index (κ3) is 4.23. The van der Waals surface area contributed by atoms with Crippen molar-refractivity contribution in [2.45, 2.75) is 43.6 Å². The number of carbonyl (C=O) groups excluding carboxylic acids is 1. The van der Waals surface area contributed by atoms with Crippen molar-refractivity contribution in [3.05, 3.63) is 11.6 Å². The Bertz CT molecular complexity index is 484. The number of anilines is 1. The molecule has 2 aliphatic rings. The molecule has 3 rings (SSSR count). The van der Waals surface area contributed by atoms with E-state index in [2.05, 4.69) is 15.6 Å². The lowest BCUT2D eigenvalue weighted by Gasteiger charge is -2.38. The highest BCUT2D eigenvalue weighted by Gasteiger charge is 2.33. The van der Waals surface area contributed by atoms with Crippen LogP contribution in [0, 0.1) is 0 Å². The Balaban J connectivity index is 1.49. The zero-order valence-electron chi connectivity index (χ0n) is 12.2. The van der Waals surface area contributed by atoms with Crippen molar-refractivity contribution in [3.8, 4) is 0 Å². The molecular formula is C14H21N3O4S. The second kappa shape index (κ2) is 7.47. The number of rotatable bonds is 3. The Hall–Kier alpha value is -1.06. The second-order valence-electron chi connectivity index (χ2n) is 5.67. The number of aromatic nitrogens is 1. The van der Waals surface area contributed by atoms with Gasteiger partial charge in [-0.2, -0.15) is 0 Å². The van der Waals surface area contributed by atoms with Crippen LogP contribution in [0.5, 0.6) is 0 Å². The van der Waals surface area contributed by atoms with Crippen LogP contribution < -0.4 is 10.6 Å². The van der Waals surface area contributed by atoms with Crippen molar-refractivity contribution in [2.75, 3.05) is 25.1 Å². The number of thiazole rings is 1. The normalized spacial score (nSPS) is 32.6. The number of hydrogen-bond acceptors (Lipinski definition) is 7. The van der Waals surface area contributed by atoms with Gasteiger partial charge in [-0.1, -0.05) is 0 Å². The fourth-order valence-corrected chi connectivity index (χ4v) is 3.37. The van der Waals surface area contributed by atoms with E-state index in [0.717, 1.165) is 12.8 Å². The number of ether oxygens (including phenoxy) is 2.